The highest BCUT2D eigenvalue weighted by molar-refractivity contribution is 5.86. The molecule has 1 saturated carbocycles. The maximum atomic E-state index is 12.1. The second-order valence-corrected chi connectivity index (χ2v) is 17.7. The van der Waals surface area contributed by atoms with Crippen LogP contribution in [0.5, 0.6) is 11.5 Å². The zero-order chi connectivity index (χ0) is 39.3. The van der Waals surface area contributed by atoms with Crippen molar-refractivity contribution in [2.75, 3.05) is 0 Å². The predicted octanol–water partition coefficient (Wildman–Crippen LogP) is 12.8. The molecule has 0 unspecified atom stereocenters. The summed E-state index contributed by atoms with van der Waals surface area (Å²) < 4.78 is 0. The Hall–Kier alpha value is -4.18. The Balaban J connectivity index is 1.56. The zero-order valence-electron chi connectivity index (χ0n) is 34.8. The fraction of sp³-hybridized carbons (Fsp3) is 0.480. The third-order valence-electron chi connectivity index (χ3n) is 12.6. The topological polar surface area (TPSA) is 65.2 Å². The Kier molecular flexibility index (Phi) is 12.7. The molecule has 1 aliphatic rings. The van der Waals surface area contributed by atoms with Crippen LogP contribution in [-0.2, 0) is 21.7 Å². The van der Waals surface area contributed by atoms with E-state index in [1.54, 1.807) is 0 Å². The van der Waals surface area contributed by atoms with Crippen molar-refractivity contribution < 1.29 is 10.2 Å². The molecule has 5 rings (SSSR count). The number of phenols is 2. The lowest BCUT2D eigenvalue weighted by molar-refractivity contribution is 0.389. The minimum absolute atomic E-state index is 0.0190. The van der Waals surface area contributed by atoms with Gasteiger partial charge in [0.15, 0.2) is 0 Å². The van der Waals surface area contributed by atoms with E-state index in [-0.39, 0.29) is 33.7 Å². The standard InChI is InChI=1S/C50H66N2O2/c1-11-49(12-2,37-23-17-15-18-24-37)41-31-39(47(5,6)7)29-35(45(41)53)33-51-43-27-21-22-28-44(43)52-34-36-30-40(48(8,9)10)32-42(46(36)54)50(13-3,14-4)38-25-19-16-20-26-38/h15-20,23-26,29-34,43-44,53-54H,11-14,21-22,27-28H2,1-10H3/t43-,44-/m0/s1. The second-order valence-electron chi connectivity index (χ2n) is 17.7. The van der Waals surface area contributed by atoms with Crippen LogP contribution < -0.4 is 0 Å². The van der Waals surface area contributed by atoms with E-state index in [9.17, 15) is 10.2 Å². The largest absolute Gasteiger partial charge is 0.507 e. The van der Waals surface area contributed by atoms with Crippen molar-refractivity contribution in [2.24, 2.45) is 9.98 Å². The van der Waals surface area contributed by atoms with E-state index in [1.807, 2.05) is 12.4 Å². The summed E-state index contributed by atoms with van der Waals surface area (Å²) in [7, 11) is 0. The summed E-state index contributed by atoms with van der Waals surface area (Å²) in [6.45, 7) is 22.3. The minimum atomic E-state index is -0.317. The lowest BCUT2D eigenvalue weighted by Gasteiger charge is -2.35. The van der Waals surface area contributed by atoms with Crippen LogP contribution in [0.25, 0.3) is 0 Å². The first-order valence-electron chi connectivity index (χ1n) is 20.6. The molecule has 0 bridgehead atoms. The van der Waals surface area contributed by atoms with Gasteiger partial charge in [0.25, 0.3) is 0 Å². The van der Waals surface area contributed by atoms with Gasteiger partial charge in [0.1, 0.15) is 11.5 Å². The Morgan fingerprint density at radius 1 is 0.519 bits per heavy atom. The number of rotatable bonds is 12. The van der Waals surface area contributed by atoms with E-state index >= 15 is 0 Å². The molecule has 54 heavy (non-hydrogen) atoms. The predicted molar refractivity (Wildman–Crippen MR) is 230 cm³/mol. The molecule has 2 N–H and O–H groups in total. The summed E-state index contributed by atoms with van der Waals surface area (Å²) in [5.41, 5.74) is 7.46. The van der Waals surface area contributed by atoms with Crippen LogP contribution in [0.15, 0.2) is 94.9 Å². The monoisotopic (exact) mass is 727 g/mol. The van der Waals surface area contributed by atoms with Crippen molar-refractivity contribution in [1.29, 1.82) is 0 Å². The minimum Gasteiger partial charge on any atom is -0.507 e. The Morgan fingerprint density at radius 2 is 0.852 bits per heavy atom. The SMILES string of the molecule is CCC(CC)(c1ccccc1)c1cc(C(C)(C)C)cc(C=N[C@H]2CCCC[C@@H]2N=Cc2cc(C(C)(C)C)cc(C(CC)(CC)c3ccccc3)c2O)c1O. The highest BCUT2D eigenvalue weighted by atomic mass is 16.3. The highest BCUT2D eigenvalue weighted by Gasteiger charge is 2.37. The van der Waals surface area contributed by atoms with Gasteiger partial charge >= 0.3 is 0 Å². The summed E-state index contributed by atoms with van der Waals surface area (Å²) in [5.74, 6) is 0.640. The van der Waals surface area contributed by atoms with Gasteiger partial charge in [0.2, 0.25) is 0 Å². The fourth-order valence-corrected chi connectivity index (χ4v) is 8.80. The van der Waals surface area contributed by atoms with Crippen LogP contribution in [0, 0.1) is 0 Å². The number of nitrogens with zero attached hydrogens (tertiary/aromatic N) is 2. The lowest BCUT2D eigenvalue weighted by atomic mass is 9.68. The van der Waals surface area contributed by atoms with Gasteiger partial charge in [-0.1, -0.05) is 155 Å². The van der Waals surface area contributed by atoms with Gasteiger partial charge in [-0.25, -0.2) is 0 Å². The molecule has 0 heterocycles. The van der Waals surface area contributed by atoms with Crippen molar-refractivity contribution >= 4 is 12.4 Å². The maximum Gasteiger partial charge on any atom is 0.128 e. The summed E-state index contributed by atoms with van der Waals surface area (Å²) in [4.78, 5) is 10.4. The summed E-state index contributed by atoms with van der Waals surface area (Å²) >= 11 is 0. The first-order chi connectivity index (χ1) is 25.6. The number of hydrogen-bond donors (Lipinski definition) is 2. The smallest absolute Gasteiger partial charge is 0.128 e. The van der Waals surface area contributed by atoms with Gasteiger partial charge in [0.05, 0.1) is 12.1 Å². The molecule has 1 fully saturated rings. The van der Waals surface area contributed by atoms with Gasteiger partial charge in [-0.05, 0) is 83.7 Å². The van der Waals surface area contributed by atoms with E-state index in [4.69, 9.17) is 9.98 Å². The average Bonchev–Trinajstić information content (AvgIpc) is 3.16. The Bertz CT molecular complexity index is 1760. The first kappa shape index (κ1) is 41.0. The molecule has 0 aliphatic heterocycles. The van der Waals surface area contributed by atoms with E-state index in [2.05, 4.69) is 154 Å². The van der Waals surface area contributed by atoms with E-state index in [1.165, 1.54) is 22.3 Å². The van der Waals surface area contributed by atoms with Crippen LogP contribution >= 0.6 is 0 Å². The summed E-state index contributed by atoms with van der Waals surface area (Å²) in [5, 5.41) is 24.1. The van der Waals surface area contributed by atoms with Crippen LogP contribution in [0.1, 0.15) is 165 Å². The average molecular weight is 727 g/mol. The first-order valence-corrected chi connectivity index (χ1v) is 20.6. The van der Waals surface area contributed by atoms with Crippen molar-refractivity contribution in [3.63, 3.8) is 0 Å². The van der Waals surface area contributed by atoms with Gasteiger partial charge < -0.3 is 10.2 Å². The molecule has 0 aromatic heterocycles. The van der Waals surface area contributed by atoms with Crippen molar-refractivity contribution in [1.82, 2.24) is 0 Å². The summed E-state index contributed by atoms with van der Waals surface area (Å²) in [6.07, 6.45) is 11.4. The van der Waals surface area contributed by atoms with Crippen LogP contribution in [0.3, 0.4) is 0 Å². The number of hydrogen-bond acceptors (Lipinski definition) is 4. The molecule has 4 nitrogen and oxygen atoms in total. The van der Waals surface area contributed by atoms with Crippen molar-refractivity contribution in [3.05, 3.63) is 129 Å². The molecule has 4 aromatic carbocycles. The molecular weight excluding hydrogens is 661 g/mol. The van der Waals surface area contributed by atoms with Crippen LogP contribution in [0.2, 0.25) is 0 Å². The fourth-order valence-electron chi connectivity index (χ4n) is 8.80. The quantitative estimate of drug-likeness (QED) is 0.143. The van der Waals surface area contributed by atoms with E-state index in [0.29, 0.717) is 11.5 Å². The van der Waals surface area contributed by atoms with Crippen LogP contribution in [0.4, 0.5) is 0 Å². The number of aromatic hydroxyl groups is 2. The summed E-state index contributed by atoms with van der Waals surface area (Å²) in [6, 6.07) is 30.0. The van der Waals surface area contributed by atoms with E-state index in [0.717, 1.165) is 73.6 Å². The molecule has 0 spiro atoms. The van der Waals surface area contributed by atoms with Gasteiger partial charge in [0, 0.05) is 45.5 Å². The zero-order valence-corrected chi connectivity index (χ0v) is 34.8. The Labute approximate surface area is 326 Å². The Morgan fingerprint density at radius 3 is 1.15 bits per heavy atom. The molecular formula is C50H66N2O2. The molecule has 4 heteroatoms. The molecule has 288 valence electrons. The molecule has 0 saturated heterocycles. The third kappa shape index (κ3) is 8.24. The van der Waals surface area contributed by atoms with E-state index < -0.39 is 0 Å². The molecule has 4 aromatic rings. The maximum absolute atomic E-state index is 12.1. The van der Waals surface area contributed by atoms with Gasteiger partial charge in [-0.3, -0.25) is 9.98 Å². The van der Waals surface area contributed by atoms with Crippen molar-refractivity contribution in [2.45, 2.75) is 154 Å². The van der Waals surface area contributed by atoms with Crippen LogP contribution in [-0.4, -0.2) is 34.7 Å². The lowest BCUT2D eigenvalue weighted by Crippen LogP contribution is -2.28. The number of aliphatic imine (C=N–C) groups is 2. The highest BCUT2D eigenvalue weighted by Crippen LogP contribution is 2.47. The molecule has 0 amide bonds. The molecule has 2 atom stereocenters. The third-order valence-corrected chi connectivity index (χ3v) is 12.6. The molecule has 1 aliphatic carbocycles. The van der Waals surface area contributed by atoms with Crippen molar-refractivity contribution in [3.8, 4) is 11.5 Å². The number of phenolic OH excluding ortho intramolecular Hbond substituents is 2. The normalized spacial score (nSPS) is 17.4. The second kappa shape index (κ2) is 16.7. The van der Waals surface area contributed by atoms with Gasteiger partial charge in [-0.15, -0.1) is 0 Å². The number of benzene rings is 4. The van der Waals surface area contributed by atoms with Gasteiger partial charge in [-0.2, -0.15) is 0 Å². The molecule has 0 radical (unpaired) electrons.